The van der Waals surface area contributed by atoms with Crippen LogP contribution in [0.25, 0.3) is 0 Å². The molecule has 1 amide bonds. The van der Waals surface area contributed by atoms with Gasteiger partial charge in [0.2, 0.25) is 0 Å². The second kappa shape index (κ2) is 8.48. The highest BCUT2D eigenvalue weighted by molar-refractivity contribution is 6.33. The number of hydrogen-bond acceptors (Lipinski definition) is 5. The van der Waals surface area contributed by atoms with E-state index in [0.29, 0.717) is 42.6 Å². The van der Waals surface area contributed by atoms with E-state index in [1.807, 2.05) is 36.9 Å². The Labute approximate surface area is 168 Å². The van der Waals surface area contributed by atoms with Crippen LogP contribution in [0.4, 0.5) is 11.4 Å². The maximum atomic E-state index is 12.5. The molecule has 1 fully saturated rings. The SMILES string of the molecule is Cc1cc(C)cc(OCC(=O)N2CCN(c3c(Cl)cccc3[N+](=O)[O-])CC2)c1. The number of aryl methyl sites for hydroxylation is 2. The normalized spacial score (nSPS) is 14.1. The van der Waals surface area contributed by atoms with Crippen molar-refractivity contribution in [3.63, 3.8) is 0 Å². The van der Waals surface area contributed by atoms with Gasteiger partial charge < -0.3 is 14.5 Å². The van der Waals surface area contributed by atoms with Gasteiger partial charge in [-0.05, 0) is 43.2 Å². The molecule has 0 atom stereocenters. The van der Waals surface area contributed by atoms with Gasteiger partial charge >= 0.3 is 0 Å². The number of piperazine rings is 1. The van der Waals surface area contributed by atoms with E-state index in [9.17, 15) is 14.9 Å². The maximum absolute atomic E-state index is 12.5. The summed E-state index contributed by atoms with van der Waals surface area (Å²) < 4.78 is 5.65. The Morgan fingerprint density at radius 2 is 1.79 bits per heavy atom. The van der Waals surface area contributed by atoms with E-state index < -0.39 is 4.92 Å². The second-order valence-corrected chi connectivity index (χ2v) is 7.25. The topological polar surface area (TPSA) is 75.9 Å². The zero-order valence-corrected chi connectivity index (χ0v) is 16.6. The number of carbonyl (C=O) groups excluding carboxylic acids is 1. The number of ether oxygens (including phenoxy) is 1. The number of nitrogens with zero attached hydrogens (tertiary/aromatic N) is 3. The van der Waals surface area contributed by atoms with Crippen molar-refractivity contribution in [2.75, 3.05) is 37.7 Å². The van der Waals surface area contributed by atoms with Crippen LogP contribution in [-0.2, 0) is 4.79 Å². The number of anilines is 1. The highest BCUT2D eigenvalue weighted by Crippen LogP contribution is 2.35. The van der Waals surface area contributed by atoms with Gasteiger partial charge in [0, 0.05) is 32.2 Å². The van der Waals surface area contributed by atoms with Crippen LogP contribution < -0.4 is 9.64 Å². The molecule has 0 N–H and O–H groups in total. The van der Waals surface area contributed by atoms with Crippen molar-refractivity contribution in [3.8, 4) is 5.75 Å². The minimum absolute atomic E-state index is 0.0228. The fraction of sp³-hybridized carbons (Fsp3) is 0.350. The van der Waals surface area contributed by atoms with Gasteiger partial charge in [0.15, 0.2) is 6.61 Å². The Hall–Kier alpha value is -2.80. The number of carbonyl (C=O) groups is 1. The first-order valence-electron chi connectivity index (χ1n) is 9.02. The number of hydrogen-bond donors (Lipinski definition) is 0. The molecule has 0 radical (unpaired) electrons. The number of rotatable bonds is 5. The van der Waals surface area contributed by atoms with Crippen molar-refractivity contribution < 1.29 is 14.5 Å². The summed E-state index contributed by atoms with van der Waals surface area (Å²) in [4.78, 5) is 26.9. The third kappa shape index (κ3) is 4.54. The Balaban J connectivity index is 1.60. The first-order valence-corrected chi connectivity index (χ1v) is 9.39. The first-order chi connectivity index (χ1) is 13.3. The molecule has 2 aromatic rings. The van der Waals surface area contributed by atoms with Gasteiger partial charge in [0.25, 0.3) is 11.6 Å². The van der Waals surface area contributed by atoms with Crippen LogP contribution in [0.5, 0.6) is 5.75 Å². The zero-order chi connectivity index (χ0) is 20.3. The third-order valence-corrected chi connectivity index (χ3v) is 4.97. The molecule has 0 unspecified atom stereocenters. The molecule has 3 rings (SSSR count). The van der Waals surface area contributed by atoms with Crippen LogP contribution in [0.1, 0.15) is 11.1 Å². The lowest BCUT2D eigenvalue weighted by atomic mass is 10.1. The molecule has 0 spiro atoms. The summed E-state index contributed by atoms with van der Waals surface area (Å²) in [5.41, 5.74) is 2.55. The average Bonchev–Trinajstić information content (AvgIpc) is 2.65. The summed E-state index contributed by atoms with van der Waals surface area (Å²) in [7, 11) is 0. The summed E-state index contributed by atoms with van der Waals surface area (Å²) in [6.45, 7) is 5.79. The van der Waals surface area contributed by atoms with Gasteiger partial charge in [-0.2, -0.15) is 0 Å². The Morgan fingerprint density at radius 1 is 1.14 bits per heavy atom. The molecule has 7 nitrogen and oxygen atoms in total. The molecule has 148 valence electrons. The number of nitro groups is 1. The number of nitro benzene ring substituents is 1. The van der Waals surface area contributed by atoms with Crippen molar-refractivity contribution in [1.29, 1.82) is 0 Å². The Bertz CT molecular complexity index is 875. The Morgan fingerprint density at radius 3 is 2.39 bits per heavy atom. The molecule has 28 heavy (non-hydrogen) atoms. The minimum atomic E-state index is -0.434. The molecular formula is C20H22ClN3O4. The number of benzene rings is 2. The third-order valence-electron chi connectivity index (χ3n) is 4.67. The lowest BCUT2D eigenvalue weighted by molar-refractivity contribution is -0.384. The predicted molar refractivity (Wildman–Crippen MR) is 108 cm³/mol. The molecule has 1 heterocycles. The van der Waals surface area contributed by atoms with Crippen LogP contribution >= 0.6 is 11.6 Å². The molecule has 1 aliphatic rings. The zero-order valence-electron chi connectivity index (χ0n) is 15.9. The van der Waals surface area contributed by atoms with Crippen molar-refractivity contribution in [1.82, 2.24) is 4.90 Å². The summed E-state index contributed by atoms with van der Waals surface area (Å²) >= 11 is 6.20. The molecule has 2 aromatic carbocycles. The quantitative estimate of drug-likeness (QED) is 0.563. The van der Waals surface area contributed by atoms with Gasteiger partial charge in [-0.25, -0.2) is 0 Å². The van der Waals surface area contributed by atoms with Gasteiger partial charge in [-0.3, -0.25) is 14.9 Å². The van der Waals surface area contributed by atoms with Crippen molar-refractivity contribution in [2.45, 2.75) is 13.8 Å². The number of para-hydroxylation sites is 1. The highest BCUT2D eigenvalue weighted by Gasteiger charge is 2.27. The summed E-state index contributed by atoms with van der Waals surface area (Å²) in [5, 5.41) is 11.6. The molecule has 0 aromatic heterocycles. The van der Waals surface area contributed by atoms with E-state index in [2.05, 4.69) is 0 Å². The maximum Gasteiger partial charge on any atom is 0.294 e. The van der Waals surface area contributed by atoms with Crippen LogP contribution in [0.3, 0.4) is 0 Å². The van der Waals surface area contributed by atoms with Gasteiger partial charge in [0.05, 0.1) is 9.95 Å². The van der Waals surface area contributed by atoms with Crippen LogP contribution in [-0.4, -0.2) is 48.5 Å². The molecule has 8 heteroatoms. The summed E-state index contributed by atoms with van der Waals surface area (Å²) in [6, 6.07) is 10.5. The standard InChI is InChI=1S/C20H22ClN3O4/c1-14-10-15(2)12-16(11-14)28-13-19(25)22-6-8-23(9-7-22)20-17(21)4-3-5-18(20)24(26)27/h3-5,10-12H,6-9,13H2,1-2H3. The summed E-state index contributed by atoms with van der Waals surface area (Å²) in [5.74, 6) is 0.573. The van der Waals surface area contributed by atoms with Crippen molar-refractivity contribution in [3.05, 3.63) is 62.7 Å². The van der Waals surface area contributed by atoms with Gasteiger partial charge in [0.1, 0.15) is 11.4 Å². The van der Waals surface area contributed by atoms with E-state index in [4.69, 9.17) is 16.3 Å². The fourth-order valence-corrected chi connectivity index (χ4v) is 3.69. The first kappa shape index (κ1) is 19.9. The van der Waals surface area contributed by atoms with Gasteiger partial charge in [-0.15, -0.1) is 0 Å². The fourth-order valence-electron chi connectivity index (χ4n) is 3.40. The molecule has 0 bridgehead atoms. The lowest BCUT2D eigenvalue weighted by Gasteiger charge is -2.36. The molecule has 1 aliphatic heterocycles. The van der Waals surface area contributed by atoms with Crippen LogP contribution in [0, 0.1) is 24.0 Å². The number of halogens is 1. The summed E-state index contributed by atoms with van der Waals surface area (Å²) in [6.07, 6.45) is 0. The monoisotopic (exact) mass is 403 g/mol. The van der Waals surface area contributed by atoms with E-state index in [1.165, 1.54) is 6.07 Å². The van der Waals surface area contributed by atoms with E-state index in [-0.39, 0.29) is 18.2 Å². The van der Waals surface area contributed by atoms with E-state index >= 15 is 0 Å². The number of amides is 1. The molecule has 1 saturated heterocycles. The minimum Gasteiger partial charge on any atom is -0.484 e. The smallest absolute Gasteiger partial charge is 0.294 e. The van der Waals surface area contributed by atoms with E-state index in [1.54, 1.807) is 17.0 Å². The second-order valence-electron chi connectivity index (χ2n) is 6.84. The van der Waals surface area contributed by atoms with E-state index in [0.717, 1.165) is 11.1 Å². The Kier molecular flexibility index (Phi) is 6.04. The van der Waals surface area contributed by atoms with Crippen LogP contribution in [0.2, 0.25) is 5.02 Å². The largest absolute Gasteiger partial charge is 0.484 e. The predicted octanol–water partition coefficient (Wildman–Crippen LogP) is 3.59. The van der Waals surface area contributed by atoms with Crippen LogP contribution in [0.15, 0.2) is 36.4 Å². The molecule has 0 saturated carbocycles. The lowest BCUT2D eigenvalue weighted by Crippen LogP contribution is -2.50. The molecular weight excluding hydrogens is 382 g/mol. The van der Waals surface area contributed by atoms with Crippen molar-refractivity contribution >= 4 is 28.9 Å². The molecule has 0 aliphatic carbocycles. The van der Waals surface area contributed by atoms with Gasteiger partial charge in [-0.1, -0.05) is 23.7 Å². The highest BCUT2D eigenvalue weighted by atomic mass is 35.5. The average molecular weight is 404 g/mol. The van der Waals surface area contributed by atoms with Crippen molar-refractivity contribution in [2.24, 2.45) is 0 Å².